The fraction of sp³-hybridized carbons (Fsp3) is 0.333. The van der Waals surface area contributed by atoms with E-state index in [1.165, 1.54) is 0 Å². The van der Waals surface area contributed by atoms with Crippen LogP contribution >= 0.6 is 0 Å². The van der Waals surface area contributed by atoms with Crippen LogP contribution in [0.3, 0.4) is 0 Å². The minimum absolute atomic E-state index is 0.335. The third kappa shape index (κ3) is 2.14. The Bertz CT molecular complexity index is 533. The molecule has 5 heteroatoms. The standard InChI is InChI=1S/C12H16N4O/c1-8-4-5-10(17-3)9(6-8)12-14-11(7-13)15-16(12)2/h4-6H,7,13H2,1-3H3. The third-order valence-corrected chi connectivity index (χ3v) is 2.59. The van der Waals surface area contributed by atoms with Crippen LogP contribution in [-0.2, 0) is 13.6 Å². The number of aryl methyl sites for hydroxylation is 2. The van der Waals surface area contributed by atoms with E-state index >= 15 is 0 Å². The van der Waals surface area contributed by atoms with Crippen LogP contribution in [0.25, 0.3) is 11.4 Å². The summed E-state index contributed by atoms with van der Waals surface area (Å²) >= 11 is 0. The van der Waals surface area contributed by atoms with Gasteiger partial charge in [-0.15, -0.1) is 0 Å². The molecule has 1 aromatic heterocycles. The molecule has 1 aromatic carbocycles. The molecule has 2 aromatic rings. The molecule has 0 aliphatic rings. The molecule has 0 saturated carbocycles. The number of aromatic nitrogens is 3. The van der Waals surface area contributed by atoms with E-state index in [1.54, 1.807) is 11.8 Å². The summed E-state index contributed by atoms with van der Waals surface area (Å²) in [5.41, 5.74) is 7.62. The van der Waals surface area contributed by atoms with Gasteiger partial charge in [0.25, 0.3) is 0 Å². The molecule has 90 valence electrons. The molecule has 0 amide bonds. The minimum atomic E-state index is 0.335. The second kappa shape index (κ2) is 4.55. The highest BCUT2D eigenvalue weighted by Crippen LogP contribution is 2.29. The van der Waals surface area contributed by atoms with E-state index in [-0.39, 0.29) is 0 Å². The van der Waals surface area contributed by atoms with Crippen molar-refractivity contribution in [2.24, 2.45) is 12.8 Å². The van der Waals surface area contributed by atoms with Gasteiger partial charge < -0.3 is 10.5 Å². The zero-order valence-electron chi connectivity index (χ0n) is 10.3. The van der Waals surface area contributed by atoms with Crippen LogP contribution in [0.2, 0.25) is 0 Å². The Morgan fingerprint density at radius 2 is 2.18 bits per heavy atom. The molecule has 2 rings (SSSR count). The molecule has 0 aliphatic carbocycles. The maximum atomic E-state index is 5.54. The zero-order valence-corrected chi connectivity index (χ0v) is 10.3. The number of benzene rings is 1. The number of nitrogens with zero attached hydrogens (tertiary/aromatic N) is 3. The molecule has 0 saturated heterocycles. The Kier molecular flexibility index (Phi) is 3.10. The van der Waals surface area contributed by atoms with E-state index in [0.29, 0.717) is 12.4 Å². The summed E-state index contributed by atoms with van der Waals surface area (Å²) in [6.45, 7) is 2.37. The maximum absolute atomic E-state index is 5.54. The largest absolute Gasteiger partial charge is 0.496 e. The Labute approximate surface area is 100 Å². The highest BCUT2D eigenvalue weighted by molar-refractivity contribution is 5.65. The molecule has 5 nitrogen and oxygen atoms in total. The van der Waals surface area contributed by atoms with Crippen LogP contribution in [0.5, 0.6) is 5.75 Å². The highest BCUT2D eigenvalue weighted by Gasteiger charge is 2.13. The Morgan fingerprint density at radius 3 is 2.76 bits per heavy atom. The number of methoxy groups -OCH3 is 1. The minimum Gasteiger partial charge on any atom is -0.496 e. The van der Waals surface area contributed by atoms with Crippen molar-refractivity contribution in [3.63, 3.8) is 0 Å². The van der Waals surface area contributed by atoms with E-state index in [4.69, 9.17) is 10.5 Å². The first-order chi connectivity index (χ1) is 8.15. The fourth-order valence-electron chi connectivity index (χ4n) is 1.76. The topological polar surface area (TPSA) is 66.0 Å². The van der Waals surface area contributed by atoms with Gasteiger partial charge in [-0.2, -0.15) is 5.10 Å². The monoisotopic (exact) mass is 232 g/mol. The first-order valence-corrected chi connectivity index (χ1v) is 5.40. The first-order valence-electron chi connectivity index (χ1n) is 5.40. The van der Waals surface area contributed by atoms with E-state index in [1.807, 2.05) is 32.2 Å². The zero-order chi connectivity index (χ0) is 12.4. The van der Waals surface area contributed by atoms with Gasteiger partial charge in [-0.1, -0.05) is 11.6 Å². The van der Waals surface area contributed by atoms with Crippen LogP contribution in [0.1, 0.15) is 11.4 Å². The van der Waals surface area contributed by atoms with Crippen molar-refractivity contribution >= 4 is 0 Å². The van der Waals surface area contributed by atoms with Crippen LogP contribution < -0.4 is 10.5 Å². The molecular formula is C12H16N4O. The molecule has 2 N–H and O–H groups in total. The predicted molar refractivity (Wildman–Crippen MR) is 65.6 cm³/mol. The van der Waals surface area contributed by atoms with Gasteiger partial charge in [0.15, 0.2) is 11.6 Å². The van der Waals surface area contributed by atoms with Gasteiger partial charge in [0.2, 0.25) is 0 Å². The molecule has 0 spiro atoms. The average molecular weight is 232 g/mol. The molecule has 17 heavy (non-hydrogen) atoms. The number of ether oxygens (including phenoxy) is 1. The lowest BCUT2D eigenvalue weighted by Gasteiger charge is -2.08. The molecule has 0 unspecified atom stereocenters. The SMILES string of the molecule is COc1ccc(C)cc1-c1nc(CN)nn1C. The van der Waals surface area contributed by atoms with Crippen molar-refractivity contribution in [3.05, 3.63) is 29.6 Å². The van der Waals surface area contributed by atoms with Crippen LogP contribution in [-0.4, -0.2) is 21.9 Å². The number of hydrogen-bond acceptors (Lipinski definition) is 4. The summed E-state index contributed by atoms with van der Waals surface area (Å²) in [6.07, 6.45) is 0. The lowest BCUT2D eigenvalue weighted by Crippen LogP contribution is -1.99. The quantitative estimate of drug-likeness (QED) is 0.865. The van der Waals surface area contributed by atoms with E-state index in [9.17, 15) is 0 Å². The van der Waals surface area contributed by atoms with Gasteiger partial charge in [0.1, 0.15) is 5.75 Å². The molecule has 0 fully saturated rings. The summed E-state index contributed by atoms with van der Waals surface area (Å²) in [4.78, 5) is 4.40. The predicted octanol–water partition coefficient (Wildman–Crippen LogP) is 1.26. The maximum Gasteiger partial charge on any atom is 0.164 e. The average Bonchev–Trinajstić information content (AvgIpc) is 2.70. The summed E-state index contributed by atoms with van der Waals surface area (Å²) in [7, 11) is 3.50. The second-order valence-corrected chi connectivity index (χ2v) is 3.88. The normalized spacial score (nSPS) is 10.6. The lowest BCUT2D eigenvalue weighted by atomic mass is 10.1. The number of nitrogens with two attached hydrogens (primary N) is 1. The van der Waals surface area contributed by atoms with E-state index in [0.717, 1.165) is 22.7 Å². The smallest absolute Gasteiger partial charge is 0.164 e. The van der Waals surface area contributed by atoms with Gasteiger partial charge in [-0.05, 0) is 19.1 Å². The van der Waals surface area contributed by atoms with Crippen molar-refractivity contribution in [2.75, 3.05) is 7.11 Å². The van der Waals surface area contributed by atoms with Crippen LogP contribution in [0.15, 0.2) is 18.2 Å². The number of rotatable bonds is 3. The van der Waals surface area contributed by atoms with Gasteiger partial charge in [0.05, 0.1) is 19.2 Å². The lowest BCUT2D eigenvalue weighted by molar-refractivity contribution is 0.416. The van der Waals surface area contributed by atoms with Crippen LogP contribution in [0, 0.1) is 6.92 Å². The Hall–Kier alpha value is -1.88. The summed E-state index contributed by atoms with van der Waals surface area (Å²) in [5.74, 6) is 2.19. The second-order valence-electron chi connectivity index (χ2n) is 3.88. The van der Waals surface area contributed by atoms with Gasteiger partial charge >= 0.3 is 0 Å². The molecule has 0 radical (unpaired) electrons. The van der Waals surface area contributed by atoms with Crippen LogP contribution in [0.4, 0.5) is 0 Å². The molecule has 0 atom stereocenters. The van der Waals surface area contributed by atoms with Crippen molar-refractivity contribution < 1.29 is 4.74 Å². The van der Waals surface area contributed by atoms with Crippen molar-refractivity contribution in [1.29, 1.82) is 0 Å². The fourth-order valence-corrected chi connectivity index (χ4v) is 1.76. The van der Waals surface area contributed by atoms with E-state index in [2.05, 4.69) is 10.1 Å². The summed E-state index contributed by atoms with van der Waals surface area (Å²) in [6, 6.07) is 5.97. The molecule has 0 aliphatic heterocycles. The molecular weight excluding hydrogens is 216 g/mol. The highest BCUT2D eigenvalue weighted by atomic mass is 16.5. The number of hydrogen-bond donors (Lipinski definition) is 1. The third-order valence-electron chi connectivity index (χ3n) is 2.59. The van der Waals surface area contributed by atoms with Gasteiger partial charge in [-0.25, -0.2) is 9.67 Å². The van der Waals surface area contributed by atoms with E-state index < -0.39 is 0 Å². The molecule has 0 bridgehead atoms. The Balaban J connectivity index is 2.58. The van der Waals surface area contributed by atoms with Crippen molar-refractivity contribution in [2.45, 2.75) is 13.5 Å². The van der Waals surface area contributed by atoms with Gasteiger partial charge in [0, 0.05) is 7.05 Å². The molecule has 1 heterocycles. The summed E-state index contributed by atoms with van der Waals surface area (Å²) < 4.78 is 7.06. The van der Waals surface area contributed by atoms with Crippen molar-refractivity contribution in [1.82, 2.24) is 14.8 Å². The Morgan fingerprint density at radius 1 is 1.41 bits per heavy atom. The summed E-state index contributed by atoms with van der Waals surface area (Å²) in [5, 5.41) is 4.24. The van der Waals surface area contributed by atoms with Gasteiger partial charge in [-0.3, -0.25) is 0 Å². The van der Waals surface area contributed by atoms with Crippen molar-refractivity contribution in [3.8, 4) is 17.1 Å². The first kappa shape index (κ1) is 11.6.